The quantitative estimate of drug-likeness (QED) is 0.306. The maximum atomic E-state index is 12.2. The van der Waals surface area contributed by atoms with Crippen LogP contribution in [0.4, 0.5) is 13.2 Å². The van der Waals surface area contributed by atoms with Gasteiger partial charge in [-0.15, -0.1) is 35.3 Å². The van der Waals surface area contributed by atoms with Crippen LogP contribution in [0.1, 0.15) is 17.4 Å². The molecule has 0 aliphatic rings. The molecule has 2 N–H and O–H groups in total. The molecule has 0 aliphatic heterocycles. The zero-order chi connectivity index (χ0) is 19.7. The summed E-state index contributed by atoms with van der Waals surface area (Å²) in [6.07, 6.45) is -1.98. The molecule has 0 saturated heterocycles. The number of hydrogen-bond donors (Lipinski definition) is 2. The number of halogens is 4. The first kappa shape index (κ1) is 24.5. The van der Waals surface area contributed by atoms with Gasteiger partial charge in [0, 0.05) is 37.3 Å². The van der Waals surface area contributed by atoms with Crippen LogP contribution in [-0.2, 0) is 13.0 Å². The Morgan fingerprint density at radius 1 is 1.32 bits per heavy atom. The minimum atomic E-state index is -4.39. The Morgan fingerprint density at radius 2 is 2.11 bits per heavy atom. The molecular formula is C18H24F3IN4OS. The Balaban J connectivity index is 0.00000392. The zero-order valence-electron chi connectivity index (χ0n) is 15.6. The normalized spacial score (nSPS) is 12.8. The fraction of sp³-hybridized carbons (Fsp3) is 0.444. The summed E-state index contributed by atoms with van der Waals surface area (Å²) in [5.41, 5.74) is 0.747. The van der Waals surface area contributed by atoms with Crippen LogP contribution in [0, 0.1) is 5.92 Å². The van der Waals surface area contributed by atoms with Gasteiger partial charge in [0.2, 0.25) is 5.88 Å². The van der Waals surface area contributed by atoms with Gasteiger partial charge in [0.05, 0.1) is 0 Å². The van der Waals surface area contributed by atoms with Crippen LogP contribution in [0.25, 0.3) is 0 Å². The number of nitrogens with zero attached hydrogens (tertiary/aromatic N) is 2. The van der Waals surface area contributed by atoms with Crippen LogP contribution < -0.4 is 15.4 Å². The Kier molecular flexibility index (Phi) is 10.6. The van der Waals surface area contributed by atoms with Crippen molar-refractivity contribution in [2.24, 2.45) is 10.9 Å². The van der Waals surface area contributed by atoms with Crippen molar-refractivity contribution >= 4 is 41.3 Å². The van der Waals surface area contributed by atoms with Crippen molar-refractivity contribution in [3.63, 3.8) is 0 Å². The van der Waals surface area contributed by atoms with Gasteiger partial charge in [-0.2, -0.15) is 13.2 Å². The Bertz CT molecular complexity index is 726. The van der Waals surface area contributed by atoms with E-state index in [1.165, 1.54) is 17.1 Å². The molecule has 1 unspecified atom stereocenters. The van der Waals surface area contributed by atoms with Crippen LogP contribution >= 0.6 is 35.3 Å². The van der Waals surface area contributed by atoms with E-state index in [9.17, 15) is 13.2 Å². The summed E-state index contributed by atoms with van der Waals surface area (Å²) in [6.45, 7) is 1.95. The summed E-state index contributed by atoms with van der Waals surface area (Å²) < 4.78 is 41.3. The van der Waals surface area contributed by atoms with E-state index < -0.39 is 12.8 Å². The molecular weight excluding hydrogens is 504 g/mol. The number of rotatable bonds is 8. The number of hydrogen-bond acceptors (Lipinski definition) is 4. The average molecular weight is 528 g/mol. The van der Waals surface area contributed by atoms with Gasteiger partial charge in [0.1, 0.15) is 0 Å². The third kappa shape index (κ3) is 9.58. The topological polar surface area (TPSA) is 58.5 Å². The Morgan fingerprint density at radius 3 is 2.75 bits per heavy atom. The fourth-order valence-corrected chi connectivity index (χ4v) is 3.19. The molecule has 0 aliphatic carbocycles. The van der Waals surface area contributed by atoms with Gasteiger partial charge in [-0.05, 0) is 35.4 Å². The van der Waals surface area contributed by atoms with Gasteiger partial charge in [0.25, 0.3) is 0 Å². The van der Waals surface area contributed by atoms with Gasteiger partial charge in [-0.3, -0.25) is 4.99 Å². The first-order chi connectivity index (χ1) is 12.9. The minimum Gasteiger partial charge on any atom is -0.468 e. The summed E-state index contributed by atoms with van der Waals surface area (Å²) in [5, 5.41) is 8.46. The van der Waals surface area contributed by atoms with Crippen LogP contribution in [0.5, 0.6) is 5.88 Å². The van der Waals surface area contributed by atoms with Gasteiger partial charge < -0.3 is 15.4 Å². The molecule has 0 aromatic carbocycles. The number of aliphatic imine (C=N–C) groups is 1. The summed E-state index contributed by atoms with van der Waals surface area (Å²) in [6, 6.07) is 7.35. The molecule has 0 spiro atoms. The van der Waals surface area contributed by atoms with Gasteiger partial charge in [-0.25, -0.2) is 4.98 Å². The lowest BCUT2D eigenvalue weighted by Gasteiger charge is -2.16. The predicted octanol–water partition coefficient (Wildman–Crippen LogP) is 4.25. The number of alkyl halides is 3. The third-order valence-electron chi connectivity index (χ3n) is 3.61. The molecule has 156 valence electrons. The summed E-state index contributed by atoms with van der Waals surface area (Å²) in [7, 11) is 1.67. The highest BCUT2D eigenvalue weighted by Crippen LogP contribution is 2.17. The second-order valence-corrected chi connectivity index (χ2v) is 7.13. The standard InChI is InChI=1S/C18H23F3N4OS.HI/c1-13(8-15-4-3-7-27-15)10-24-17(22-2)25-11-14-5-6-23-16(9-14)26-12-18(19,20)21;/h3-7,9,13H,8,10-12H2,1-2H3,(H2,22,24,25);1H. The van der Waals surface area contributed by atoms with Crippen molar-refractivity contribution in [1.29, 1.82) is 0 Å². The zero-order valence-corrected chi connectivity index (χ0v) is 18.8. The number of pyridine rings is 1. The predicted molar refractivity (Wildman–Crippen MR) is 117 cm³/mol. The van der Waals surface area contributed by atoms with Crippen molar-refractivity contribution in [2.45, 2.75) is 26.1 Å². The van der Waals surface area contributed by atoms with Crippen molar-refractivity contribution in [3.8, 4) is 5.88 Å². The number of aromatic nitrogens is 1. The highest BCUT2D eigenvalue weighted by Gasteiger charge is 2.28. The minimum absolute atomic E-state index is 0. The molecule has 2 heterocycles. The molecule has 0 saturated carbocycles. The van der Waals surface area contributed by atoms with E-state index in [2.05, 4.69) is 43.7 Å². The largest absolute Gasteiger partial charge is 0.468 e. The second kappa shape index (κ2) is 12.1. The third-order valence-corrected chi connectivity index (χ3v) is 4.51. The number of thiophene rings is 1. The fourth-order valence-electron chi connectivity index (χ4n) is 2.32. The van der Waals surface area contributed by atoms with E-state index in [0.717, 1.165) is 18.5 Å². The highest BCUT2D eigenvalue weighted by molar-refractivity contribution is 14.0. The van der Waals surface area contributed by atoms with Crippen LogP contribution in [0.2, 0.25) is 0 Å². The lowest BCUT2D eigenvalue weighted by Crippen LogP contribution is -2.39. The first-order valence-corrected chi connectivity index (χ1v) is 9.35. The second-order valence-electron chi connectivity index (χ2n) is 6.10. The first-order valence-electron chi connectivity index (χ1n) is 8.47. The molecule has 1 atom stereocenters. The highest BCUT2D eigenvalue weighted by atomic mass is 127. The van der Waals surface area contributed by atoms with Crippen LogP contribution in [0.15, 0.2) is 40.8 Å². The smallest absolute Gasteiger partial charge is 0.422 e. The number of nitrogens with one attached hydrogen (secondary N) is 2. The Hall–Kier alpha value is -1.56. The molecule has 0 bridgehead atoms. The molecule has 0 amide bonds. The van der Waals surface area contributed by atoms with Gasteiger partial charge in [-0.1, -0.05) is 13.0 Å². The summed E-state index contributed by atoms with van der Waals surface area (Å²) >= 11 is 1.74. The van der Waals surface area contributed by atoms with Crippen molar-refractivity contribution in [3.05, 3.63) is 46.3 Å². The lowest BCUT2D eigenvalue weighted by atomic mass is 10.1. The molecule has 2 rings (SSSR count). The molecule has 2 aromatic rings. The van der Waals surface area contributed by atoms with Gasteiger partial charge >= 0.3 is 6.18 Å². The van der Waals surface area contributed by atoms with E-state index in [1.54, 1.807) is 24.5 Å². The molecule has 0 radical (unpaired) electrons. The monoisotopic (exact) mass is 528 g/mol. The summed E-state index contributed by atoms with van der Waals surface area (Å²) in [5.74, 6) is 1.01. The maximum Gasteiger partial charge on any atom is 0.422 e. The maximum absolute atomic E-state index is 12.2. The van der Waals surface area contributed by atoms with E-state index in [1.807, 2.05) is 6.07 Å². The van der Waals surface area contributed by atoms with E-state index >= 15 is 0 Å². The Labute approximate surface area is 183 Å². The SMILES string of the molecule is CN=C(NCc1ccnc(OCC(F)(F)F)c1)NCC(C)Cc1cccs1.I. The molecule has 10 heteroatoms. The number of ether oxygens (including phenoxy) is 1. The van der Waals surface area contributed by atoms with Gasteiger partial charge in [0.15, 0.2) is 12.6 Å². The number of guanidine groups is 1. The molecule has 5 nitrogen and oxygen atoms in total. The molecule has 28 heavy (non-hydrogen) atoms. The average Bonchev–Trinajstić information content (AvgIpc) is 3.13. The van der Waals surface area contributed by atoms with Crippen LogP contribution in [0.3, 0.4) is 0 Å². The molecule has 0 fully saturated rings. The van der Waals surface area contributed by atoms with E-state index in [-0.39, 0.29) is 29.9 Å². The van der Waals surface area contributed by atoms with Crippen LogP contribution in [-0.4, -0.2) is 37.3 Å². The van der Waals surface area contributed by atoms with E-state index in [4.69, 9.17) is 0 Å². The van der Waals surface area contributed by atoms with Crippen molar-refractivity contribution in [2.75, 3.05) is 20.2 Å². The van der Waals surface area contributed by atoms with Crippen molar-refractivity contribution in [1.82, 2.24) is 15.6 Å². The molecule has 2 aromatic heterocycles. The van der Waals surface area contributed by atoms with Crippen molar-refractivity contribution < 1.29 is 17.9 Å². The lowest BCUT2D eigenvalue weighted by molar-refractivity contribution is -0.154. The summed E-state index contributed by atoms with van der Waals surface area (Å²) in [4.78, 5) is 9.30. The van der Waals surface area contributed by atoms with E-state index in [0.29, 0.717) is 18.4 Å².